The van der Waals surface area contributed by atoms with Crippen molar-refractivity contribution in [3.63, 3.8) is 0 Å². The van der Waals surface area contributed by atoms with E-state index in [0.717, 1.165) is 0 Å². The first kappa shape index (κ1) is 13.5. The van der Waals surface area contributed by atoms with Gasteiger partial charge in [-0.15, -0.1) is 0 Å². The van der Waals surface area contributed by atoms with Gasteiger partial charge >= 0.3 is 0 Å². The highest BCUT2D eigenvalue weighted by Gasteiger charge is 2.12. The number of hydrogen-bond donors (Lipinski definition) is 1. The van der Waals surface area contributed by atoms with Crippen LogP contribution in [-0.4, -0.2) is 7.05 Å². The summed E-state index contributed by atoms with van der Waals surface area (Å²) in [6, 6.07) is 8.91. The van der Waals surface area contributed by atoms with Gasteiger partial charge in [-0.2, -0.15) is 0 Å². The molecular formula is C15H15F2NO. The molecule has 100 valence electrons. The summed E-state index contributed by atoms with van der Waals surface area (Å²) in [6.45, 7) is 2.21. The van der Waals surface area contributed by atoms with Crippen LogP contribution in [0.15, 0.2) is 36.4 Å². The molecule has 0 unspecified atom stereocenters. The first-order valence-electron chi connectivity index (χ1n) is 5.98. The maximum atomic E-state index is 13.8. The summed E-state index contributed by atoms with van der Waals surface area (Å²) in [5.74, 6) is -0.152. The third-order valence-electron chi connectivity index (χ3n) is 2.76. The van der Waals surface area contributed by atoms with Gasteiger partial charge in [-0.3, -0.25) is 0 Å². The van der Waals surface area contributed by atoms with Crippen LogP contribution in [0.2, 0.25) is 0 Å². The topological polar surface area (TPSA) is 21.3 Å². The molecule has 0 saturated carbocycles. The molecule has 0 aliphatic carbocycles. The third kappa shape index (κ3) is 3.09. The van der Waals surface area contributed by atoms with Gasteiger partial charge in [-0.1, -0.05) is 12.1 Å². The average molecular weight is 263 g/mol. The number of ether oxygens (including phenoxy) is 1. The van der Waals surface area contributed by atoms with E-state index >= 15 is 0 Å². The van der Waals surface area contributed by atoms with E-state index in [-0.39, 0.29) is 11.6 Å². The highest BCUT2D eigenvalue weighted by atomic mass is 19.1. The van der Waals surface area contributed by atoms with Crippen molar-refractivity contribution in [1.82, 2.24) is 5.32 Å². The molecule has 0 spiro atoms. The van der Waals surface area contributed by atoms with E-state index in [9.17, 15) is 8.78 Å². The maximum absolute atomic E-state index is 13.8. The molecule has 0 amide bonds. The Labute approximate surface area is 111 Å². The molecule has 2 aromatic rings. The Hall–Kier alpha value is -1.94. The van der Waals surface area contributed by atoms with E-state index in [0.29, 0.717) is 23.4 Å². The number of halogens is 2. The molecule has 2 aromatic carbocycles. The number of para-hydroxylation sites is 1. The van der Waals surface area contributed by atoms with E-state index in [1.807, 2.05) is 0 Å². The van der Waals surface area contributed by atoms with Gasteiger partial charge in [0.05, 0.1) is 0 Å². The summed E-state index contributed by atoms with van der Waals surface area (Å²) in [5, 5.41) is 2.95. The Bertz CT molecular complexity index is 584. The zero-order valence-corrected chi connectivity index (χ0v) is 10.8. The standard InChI is InChI=1S/C15H15F2NO/c1-10-8-12(16)6-7-14(10)19-15-11(9-18-2)4-3-5-13(15)17/h3-8,18H,9H2,1-2H3. The molecule has 4 heteroatoms. The number of nitrogens with one attached hydrogen (secondary N) is 1. The molecule has 0 heterocycles. The van der Waals surface area contributed by atoms with Crippen LogP contribution in [0, 0.1) is 18.6 Å². The minimum atomic E-state index is -0.434. The Kier molecular flexibility index (Phi) is 4.12. The molecule has 0 aromatic heterocycles. The van der Waals surface area contributed by atoms with Crippen molar-refractivity contribution in [3.05, 3.63) is 59.2 Å². The van der Waals surface area contributed by atoms with Gasteiger partial charge in [0.25, 0.3) is 0 Å². The molecule has 0 fully saturated rings. The molecular weight excluding hydrogens is 248 g/mol. The lowest BCUT2D eigenvalue weighted by Crippen LogP contribution is -2.07. The summed E-state index contributed by atoms with van der Waals surface area (Å²) >= 11 is 0. The van der Waals surface area contributed by atoms with Crippen molar-refractivity contribution in [2.45, 2.75) is 13.5 Å². The second-order valence-electron chi connectivity index (χ2n) is 4.27. The molecule has 0 radical (unpaired) electrons. The summed E-state index contributed by atoms with van der Waals surface area (Å²) in [6.07, 6.45) is 0. The fraction of sp³-hybridized carbons (Fsp3) is 0.200. The summed E-state index contributed by atoms with van der Waals surface area (Å²) in [5.41, 5.74) is 1.34. The number of aryl methyl sites for hydroxylation is 1. The molecule has 0 atom stereocenters. The van der Waals surface area contributed by atoms with E-state index in [4.69, 9.17) is 4.74 Å². The van der Waals surface area contributed by atoms with Crippen LogP contribution >= 0.6 is 0 Å². The summed E-state index contributed by atoms with van der Waals surface area (Å²) < 4.78 is 32.5. The third-order valence-corrected chi connectivity index (χ3v) is 2.76. The van der Waals surface area contributed by atoms with Crippen molar-refractivity contribution in [2.75, 3.05) is 7.05 Å². The lowest BCUT2D eigenvalue weighted by molar-refractivity contribution is 0.431. The van der Waals surface area contributed by atoms with Crippen LogP contribution in [-0.2, 0) is 6.54 Å². The van der Waals surface area contributed by atoms with Gasteiger partial charge < -0.3 is 10.1 Å². The largest absolute Gasteiger partial charge is 0.454 e. The van der Waals surface area contributed by atoms with Crippen LogP contribution in [0.1, 0.15) is 11.1 Å². The SMILES string of the molecule is CNCc1cccc(F)c1Oc1ccc(F)cc1C. The first-order valence-corrected chi connectivity index (χ1v) is 5.98. The lowest BCUT2D eigenvalue weighted by Gasteiger charge is -2.13. The van der Waals surface area contributed by atoms with E-state index in [1.165, 1.54) is 24.3 Å². The van der Waals surface area contributed by atoms with Crippen LogP contribution < -0.4 is 10.1 Å². The van der Waals surface area contributed by atoms with Crippen molar-refractivity contribution in [1.29, 1.82) is 0 Å². The summed E-state index contributed by atoms with van der Waals surface area (Å²) in [4.78, 5) is 0. The normalized spacial score (nSPS) is 10.5. The maximum Gasteiger partial charge on any atom is 0.167 e. The van der Waals surface area contributed by atoms with Gasteiger partial charge in [0.1, 0.15) is 11.6 Å². The highest BCUT2D eigenvalue weighted by molar-refractivity contribution is 5.42. The van der Waals surface area contributed by atoms with Crippen LogP contribution in [0.5, 0.6) is 11.5 Å². The monoisotopic (exact) mass is 263 g/mol. The Morgan fingerprint density at radius 2 is 1.95 bits per heavy atom. The van der Waals surface area contributed by atoms with Gasteiger partial charge in [0.2, 0.25) is 0 Å². The molecule has 19 heavy (non-hydrogen) atoms. The smallest absolute Gasteiger partial charge is 0.167 e. The van der Waals surface area contributed by atoms with Crippen molar-refractivity contribution >= 4 is 0 Å². The first-order chi connectivity index (χ1) is 9.11. The van der Waals surface area contributed by atoms with Gasteiger partial charge in [0, 0.05) is 12.1 Å². The fourth-order valence-corrected chi connectivity index (χ4v) is 1.83. The quantitative estimate of drug-likeness (QED) is 0.906. The molecule has 2 nitrogen and oxygen atoms in total. The average Bonchev–Trinajstić information content (AvgIpc) is 2.36. The predicted octanol–water partition coefficient (Wildman–Crippen LogP) is 3.78. The molecule has 0 bridgehead atoms. The van der Waals surface area contributed by atoms with E-state index in [2.05, 4.69) is 5.32 Å². The number of hydrogen-bond acceptors (Lipinski definition) is 2. The van der Waals surface area contributed by atoms with Crippen molar-refractivity contribution in [3.8, 4) is 11.5 Å². The Morgan fingerprint density at radius 3 is 2.63 bits per heavy atom. The highest BCUT2D eigenvalue weighted by Crippen LogP contribution is 2.30. The zero-order chi connectivity index (χ0) is 13.8. The minimum Gasteiger partial charge on any atom is -0.454 e. The van der Waals surface area contributed by atoms with Crippen LogP contribution in [0.3, 0.4) is 0 Å². The Morgan fingerprint density at radius 1 is 1.16 bits per heavy atom. The van der Waals surface area contributed by atoms with Crippen molar-refractivity contribution in [2.24, 2.45) is 0 Å². The second kappa shape index (κ2) is 5.80. The predicted molar refractivity (Wildman–Crippen MR) is 70.4 cm³/mol. The number of benzene rings is 2. The van der Waals surface area contributed by atoms with Gasteiger partial charge in [-0.05, 0) is 43.8 Å². The summed E-state index contributed by atoms with van der Waals surface area (Å²) in [7, 11) is 1.78. The molecule has 0 aliphatic rings. The lowest BCUT2D eigenvalue weighted by atomic mass is 10.1. The fourth-order valence-electron chi connectivity index (χ4n) is 1.83. The minimum absolute atomic E-state index is 0.173. The van der Waals surface area contributed by atoms with Crippen molar-refractivity contribution < 1.29 is 13.5 Å². The van der Waals surface area contributed by atoms with Crippen LogP contribution in [0.25, 0.3) is 0 Å². The zero-order valence-electron chi connectivity index (χ0n) is 10.8. The molecule has 1 N–H and O–H groups in total. The molecule has 0 saturated heterocycles. The van der Waals surface area contributed by atoms with Crippen LogP contribution in [0.4, 0.5) is 8.78 Å². The van der Waals surface area contributed by atoms with Gasteiger partial charge in [-0.25, -0.2) is 8.78 Å². The molecule has 0 aliphatic heterocycles. The van der Waals surface area contributed by atoms with E-state index in [1.54, 1.807) is 26.1 Å². The number of rotatable bonds is 4. The second-order valence-corrected chi connectivity index (χ2v) is 4.27. The molecule has 2 rings (SSSR count). The van der Waals surface area contributed by atoms with Gasteiger partial charge in [0.15, 0.2) is 11.6 Å². The van der Waals surface area contributed by atoms with E-state index < -0.39 is 5.82 Å². The Balaban J connectivity index is 2.37.